The van der Waals surface area contributed by atoms with Gasteiger partial charge in [0.2, 0.25) is 0 Å². The maximum absolute atomic E-state index is 4.53. The van der Waals surface area contributed by atoms with E-state index in [2.05, 4.69) is 36.3 Å². The molecule has 0 fully saturated rings. The van der Waals surface area contributed by atoms with Gasteiger partial charge in [-0.1, -0.05) is 31.5 Å². The second-order valence-electron chi connectivity index (χ2n) is 3.77. The van der Waals surface area contributed by atoms with Crippen molar-refractivity contribution in [1.82, 2.24) is 4.98 Å². The number of nitrogens with one attached hydrogen (secondary N) is 1. The summed E-state index contributed by atoms with van der Waals surface area (Å²) in [4.78, 5) is 5.92. The highest BCUT2D eigenvalue weighted by Crippen LogP contribution is 2.26. The highest BCUT2D eigenvalue weighted by atomic mass is 32.1. The van der Waals surface area contributed by atoms with Crippen molar-refractivity contribution in [3.63, 3.8) is 0 Å². The van der Waals surface area contributed by atoms with Gasteiger partial charge in [0.25, 0.3) is 0 Å². The lowest BCUT2D eigenvalue weighted by Crippen LogP contribution is -1.88. The molecule has 0 atom stereocenters. The summed E-state index contributed by atoms with van der Waals surface area (Å²) in [5.74, 6) is 0. The number of aromatic nitrogens is 1. The molecule has 2 rings (SSSR count). The predicted octanol–water partition coefficient (Wildman–Crippen LogP) is 4.15. The number of hydrogen-bond acceptors (Lipinski definition) is 3. The predicted molar refractivity (Wildman–Crippen MR) is 70.6 cm³/mol. The fourth-order valence-electron chi connectivity index (χ4n) is 1.59. The van der Waals surface area contributed by atoms with Gasteiger partial charge < -0.3 is 5.32 Å². The zero-order valence-corrected chi connectivity index (χ0v) is 10.5. The molecule has 0 bridgehead atoms. The van der Waals surface area contributed by atoms with E-state index in [0.717, 1.165) is 22.9 Å². The number of rotatable bonds is 4. The van der Waals surface area contributed by atoms with E-state index < -0.39 is 0 Å². The third kappa shape index (κ3) is 2.61. The monoisotopic (exact) mass is 232 g/mol. The molecule has 0 amide bonds. The first-order chi connectivity index (χ1) is 7.79. The van der Waals surface area contributed by atoms with Crippen molar-refractivity contribution in [2.75, 3.05) is 5.32 Å². The summed E-state index contributed by atoms with van der Waals surface area (Å²) in [6.45, 7) is 4.28. The molecule has 1 N–H and O–H groups in total. The Labute approximate surface area is 100 Å². The van der Waals surface area contributed by atoms with Crippen LogP contribution >= 0.6 is 11.3 Å². The molecule has 0 saturated carbocycles. The van der Waals surface area contributed by atoms with Crippen LogP contribution in [0.5, 0.6) is 0 Å². The average Bonchev–Trinajstić information content (AvgIpc) is 2.61. The standard InChI is InChI=1S/C13H16N2S/c1-3-7-12-10(2)14-13(16-12)15-11-8-5-4-6-9-11/h4-6,8-9H,3,7H2,1-2H3,(H,14,15). The Balaban J connectivity index is 2.13. The maximum Gasteiger partial charge on any atom is 0.187 e. The van der Waals surface area contributed by atoms with Gasteiger partial charge >= 0.3 is 0 Å². The quantitative estimate of drug-likeness (QED) is 0.856. The zero-order chi connectivity index (χ0) is 11.4. The van der Waals surface area contributed by atoms with Gasteiger partial charge in [-0.15, -0.1) is 11.3 Å². The lowest BCUT2D eigenvalue weighted by Gasteiger charge is -2.00. The second kappa shape index (κ2) is 5.12. The average molecular weight is 232 g/mol. The summed E-state index contributed by atoms with van der Waals surface area (Å²) >= 11 is 1.76. The highest BCUT2D eigenvalue weighted by Gasteiger charge is 2.06. The first-order valence-corrected chi connectivity index (χ1v) is 6.39. The molecule has 0 unspecified atom stereocenters. The van der Waals surface area contributed by atoms with Crippen molar-refractivity contribution in [1.29, 1.82) is 0 Å². The molecule has 0 aliphatic heterocycles. The fraction of sp³-hybridized carbons (Fsp3) is 0.308. The number of aryl methyl sites for hydroxylation is 2. The van der Waals surface area contributed by atoms with E-state index in [1.165, 1.54) is 11.3 Å². The van der Waals surface area contributed by atoms with Gasteiger partial charge in [0.15, 0.2) is 5.13 Å². The molecule has 16 heavy (non-hydrogen) atoms. The van der Waals surface area contributed by atoms with E-state index in [9.17, 15) is 0 Å². The van der Waals surface area contributed by atoms with E-state index in [1.807, 2.05) is 18.2 Å². The SMILES string of the molecule is CCCc1sc(Nc2ccccc2)nc1C. The Bertz CT molecular complexity index is 448. The molecule has 84 valence electrons. The van der Waals surface area contributed by atoms with Gasteiger partial charge in [0, 0.05) is 10.6 Å². The molecule has 0 spiro atoms. The molecule has 2 nitrogen and oxygen atoms in total. The van der Waals surface area contributed by atoms with Crippen molar-refractivity contribution in [2.45, 2.75) is 26.7 Å². The second-order valence-corrected chi connectivity index (χ2v) is 4.85. The third-order valence-electron chi connectivity index (χ3n) is 2.39. The Hall–Kier alpha value is -1.35. The highest BCUT2D eigenvalue weighted by molar-refractivity contribution is 7.15. The van der Waals surface area contributed by atoms with E-state index >= 15 is 0 Å². The smallest absolute Gasteiger partial charge is 0.187 e. The van der Waals surface area contributed by atoms with Gasteiger partial charge in [-0.3, -0.25) is 0 Å². The largest absolute Gasteiger partial charge is 0.332 e. The van der Waals surface area contributed by atoms with Crippen LogP contribution < -0.4 is 5.32 Å². The minimum Gasteiger partial charge on any atom is -0.332 e. The Morgan fingerprint density at radius 1 is 1.25 bits per heavy atom. The molecule has 1 heterocycles. The zero-order valence-electron chi connectivity index (χ0n) is 9.66. The van der Waals surface area contributed by atoms with E-state index in [1.54, 1.807) is 11.3 Å². The number of nitrogens with zero attached hydrogens (tertiary/aromatic N) is 1. The maximum atomic E-state index is 4.53. The summed E-state index contributed by atoms with van der Waals surface area (Å²) in [7, 11) is 0. The van der Waals surface area contributed by atoms with Gasteiger partial charge in [-0.05, 0) is 25.5 Å². The first kappa shape index (κ1) is 11.1. The van der Waals surface area contributed by atoms with Gasteiger partial charge in [-0.25, -0.2) is 4.98 Å². The number of anilines is 2. The van der Waals surface area contributed by atoms with Crippen LogP contribution in [0, 0.1) is 6.92 Å². The van der Waals surface area contributed by atoms with Gasteiger partial charge in [0.1, 0.15) is 0 Å². The summed E-state index contributed by atoms with van der Waals surface area (Å²) in [5, 5.41) is 4.32. The molecular formula is C13H16N2S. The van der Waals surface area contributed by atoms with Crippen molar-refractivity contribution in [3.8, 4) is 0 Å². The summed E-state index contributed by atoms with van der Waals surface area (Å²) in [5.41, 5.74) is 2.25. The van der Waals surface area contributed by atoms with Crippen LogP contribution in [0.25, 0.3) is 0 Å². The lowest BCUT2D eigenvalue weighted by atomic mass is 10.2. The minimum atomic E-state index is 0.993. The molecule has 0 saturated heterocycles. The lowest BCUT2D eigenvalue weighted by molar-refractivity contribution is 0.925. The molecule has 0 aliphatic rings. The molecule has 2 aromatic rings. The number of para-hydroxylation sites is 1. The summed E-state index contributed by atoms with van der Waals surface area (Å²) < 4.78 is 0. The van der Waals surface area contributed by atoms with E-state index in [4.69, 9.17) is 0 Å². The van der Waals surface area contributed by atoms with Crippen LogP contribution in [-0.2, 0) is 6.42 Å². The number of benzene rings is 1. The van der Waals surface area contributed by atoms with Crippen molar-refractivity contribution in [2.24, 2.45) is 0 Å². The first-order valence-electron chi connectivity index (χ1n) is 5.58. The third-order valence-corrected chi connectivity index (χ3v) is 3.53. The molecule has 3 heteroatoms. The molecule has 0 aliphatic carbocycles. The van der Waals surface area contributed by atoms with Gasteiger partial charge in [0.05, 0.1) is 5.69 Å². The van der Waals surface area contributed by atoms with Crippen LogP contribution in [0.2, 0.25) is 0 Å². The van der Waals surface area contributed by atoms with Crippen LogP contribution in [0.1, 0.15) is 23.9 Å². The van der Waals surface area contributed by atoms with Crippen molar-refractivity contribution in [3.05, 3.63) is 40.9 Å². The van der Waals surface area contributed by atoms with Crippen LogP contribution in [-0.4, -0.2) is 4.98 Å². The topological polar surface area (TPSA) is 24.9 Å². The van der Waals surface area contributed by atoms with Crippen LogP contribution in [0.4, 0.5) is 10.8 Å². The normalized spacial score (nSPS) is 10.4. The fourth-order valence-corrected chi connectivity index (χ4v) is 2.67. The van der Waals surface area contributed by atoms with Gasteiger partial charge in [-0.2, -0.15) is 0 Å². The number of hydrogen-bond donors (Lipinski definition) is 1. The number of thiazole rings is 1. The van der Waals surface area contributed by atoms with Crippen molar-refractivity contribution < 1.29 is 0 Å². The summed E-state index contributed by atoms with van der Waals surface area (Å²) in [6.07, 6.45) is 2.30. The minimum absolute atomic E-state index is 0.993. The Morgan fingerprint density at radius 3 is 2.69 bits per heavy atom. The molecular weight excluding hydrogens is 216 g/mol. The van der Waals surface area contributed by atoms with E-state index in [0.29, 0.717) is 0 Å². The van der Waals surface area contributed by atoms with E-state index in [-0.39, 0.29) is 0 Å². The van der Waals surface area contributed by atoms with Crippen LogP contribution in [0.15, 0.2) is 30.3 Å². The Kier molecular flexibility index (Phi) is 3.57. The van der Waals surface area contributed by atoms with Crippen LogP contribution in [0.3, 0.4) is 0 Å². The summed E-state index contributed by atoms with van der Waals surface area (Å²) in [6, 6.07) is 10.2. The molecule has 1 aromatic carbocycles. The molecule has 1 aromatic heterocycles. The Morgan fingerprint density at radius 2 is 2.00 bits per heavy atom. The van der Waals surface area contributed by atoms with Crippen molar-refractivity contribution >= 4 is 22.2 Å². The molecule has 0 radical (unpaired) electrons.